The van der Waals surface area contributed by atoms with Crippen molar-refractivity contribution in [2.75, 3.05) is 19.8 Å². The first-order chi connectivity index (χ1) is 10.5. The fraction of sp³-hybridized carbons (Fsp3) is 0.941. The molecule has 126 valence electrons. The minimum absolute atomic E-state index is 0.0423. The molecule has 3 aliphatic rings. The Balaban J connectivity index is 1.50. The molecule has 5 nitrogen and oxygen atoms in total. The number of ether oxygens (including phenoxy) is 2. The SMILES string of the molecule is CC1(C)C2OCCCC2C1(N)C(=O)NCCOC1CCCC1. The third kappa shape index (κ3) is 2.47. The molecular weight excluding hydrogens is 280 g/mol. The van der Waals surface area contributed by atoms with Crippen molar-refractivity contribution in [1.82, 2.24) is 5.32 Å². The molecule has 0 aromatic rings. The zero-order chi connectivity index (χ0) is 15.8. The lowest BCUT2D eigenvalue weighted by molar-refractivity contribution is -0.225. The number of carbonyl (C=O) groups excluding carboxylic acids is 1. The van der Waals surface area contributed by atoms with Crippen LogP contribution in [0.5, 0.6) is 0 Å². The second kappa shape index (κ2) is 6.10. The molecule has 3 atom stereocenters. The van der Waals surface area contributed by atoms with Gasteiger partial charge in [-0.2, -0.15) is 0 Å². The van der Waals surface area contributed by atoms with E-state index in [0.717, 1.165) is 32.3 Å². The van der Waals surface area contributed by atoms with Crippen LogP contribution in [-0.4, -0.2) is 43.4 Å². The zero-order valence-corrected chi connectivity index (χ0v) is 13.9. The molecule has 1 amide bonds. The van der Waals surface area contributed by atoms with Crippen LogP contribution in [-0.2, 0) is 14.3 Å². The summed E-state index contributed by atoms with van der Waals surface area (Å²) in [6, 6.07) is 0. The average Bonchev–Trinajstić information content (AvgIpc) is 3.03. The maximum absolute atomic E-state index is 12.7. The van der Waals surface area contributed by atoms with Crippen molar-refractivity contribution in [1.29, 1.82) is 0 Å². The Kier molecular flexibility index (Phi) is 4.49. The molecule has 0 bridgehead atoms. The van der Waals surface area contributed by atoms with Crippen molar-refractivity contribution in [2.45, 2.75) is 70.1 Å². The topological polar surface area (TPSA) is 73.6 Å². The van der Waals surface area contributed by atoms with Crippen LogP contribution in [0.2, 0.25) is 0 Å². The van der Waals surface area contributed by atoms with E-state index in [0.29, 0.717) is 19.3 Å². The van der Waals surface area contributed by atoms with E-state index in [1.54, 1.807) is 0 Å². The van der Waals surface area contributed by atoms with Crippen LogP contribution in [0.1, 0.15) is 52.4 Å². The van der Waals surface area contributed by atoms with Gasteiger partial charge in [0.1, 0.15) is 5.54 Å². The molecule has 3 unspecified atom stereocenters. The first-order valence-electron chi connectivity index (χ1n) is 8.78. The smallest absolute Gasteiger partial charge is 0.241 e. The van der Waals surface area contributed by atoms with Gasteiger partial charge >= 0.3 is 0 Å². The Bertz CT molecular complexity index is 420. The maximum atomic E-state index is 12.7. The highest BCUT2D eigenvalue weighted by atomic mass is 16.5. The van der Waals surface area contributed by atoms with Gasteiger partial charge in [0.15, 0.2) is 0 Å². The molecule has 0 aromatic carbocycles. The van der Waals surface area contributed by atoms with Crippen molar-refractivity contribution in [3.63, 3.8) is 0 Å². The second-order valence-corrected chi connectivity index (χ2v) is 7.66. The van der Waals surface area contributed by atoms with Gasteiger partial charge in [0.05, 0.1) is 18.8 Å². The fourth-order valence-corrected chi connectivity index (χ4v) is 4.63. The maximum Gasteiger partial charge on any atom is 0.241 e. The van der Waals surface area contributed by atoms with E-state index in [1.807, 2.05) is 13.8 Å². The van der Waals surface area contributed by atoms with Crippen LogP contribution in [0.3, 0.4) is 0 Å². The number of rotatable bonds is 5. The lowest BCUT2D eigenvalue weighted by atomic mass is 9.46. The third-order valence-corrected chi connectivity index (χ3v) is 6.10. The van der Waals surface area contributed by atoms with E-state index in [4.69, 9.17) is 15.2 Å². The molecule has 3 fully saturated rings. The van der Waals surface area contributed by atoms with Crippen molar-refractivity contribution in [3.8, 4) is 0 Å². The van der Waals surface area contributed by atoms with E-state index in [9.17, 15) is 4.79 Å². The van der Waals surface area contributed by atoms with Gasteiger partial charge in [0.2, 0.25) is 5.91 Å². The van der Waals surface area contributed by atoms with E-state index in [-0.39, 0.29) is 23.3 Å². The monoisotopic (exact) mass is 310 g/mol. The lowest BCUT2D eigenvalue weighted by Gasteiger charge is -2.65. The van der Waals surface area contributed by atoms with E-state index < -0.39 is 5.54 Å². The molecule has 1 heterocycles. The number of nitrogens with one attached hydrogen (secondary N) is 1. The molecule has 5 heteroatoms. The average molecular weight is 310 g/mol. The molecule has 0 radical (unpaired) electrons. The highest BCUT2D eigenvalue weighted by Gasteiger charge is 2.70. The highest BCUT2D eigenvalue weighted by molar-refractivity contribution is 5.89. The Labute approximate surface area is 133 Å². The summed E-state index contributed by atoms with van der Waals surface area (Å²) >= 11 is 0. The zero-order valence-electron chi connectivity index (χ0n) is 13.9. The lowest BCUT2D eigenvalue weighted by Crippen LogP contribution is -2.82. The van der Waals surface area contributed by atoms with Gasteiger partial charge in [0, 0.05) is 24.5 Å². The number of nitrogens with two attached hydrogens (primary N) is 1. The predicted molar refractivity (Wildman–Crippen MR) is 84.4 cm³/mol. The summed E-state index contributed by atoms with van der Waals surface area (Å²) in [5.41, 5.74) is 5.43. The minimum atomic E-state index is -0.814. The summed E-state index contributed by atoms with van der Waals surface area (Å²) in [5, 5.41) is 2.99. The second-order valence-electron chi connectivity index (χ2n) is 7.66. The largest absolute Gasteiger partial charge is 0.377 e. The van der Waals surface area contributed by atoms with Crippen LogP contribution in [0.25, 0.3) is 0 Å². The summed E-state index contributed by atoms with van der Waals surface area (Å²) in [6.45, 7) is 6.01. The Morgan fingerprint density at radius 3 is 2.73 bits per heavy atom. The van der Waals surface area contributed by atoms with Crippen LogP contribution < -0.4 is 11.1 Å². The van der Waals surface area contributed by atoms with Crippen LogP contribution >= 0.6 is 0 Å². The van der Waals surface area contributed by atoms with Gasteiger partial charge in [-0.3, -0.25) is 4.79 Å². The van der Waals surface area contributed by atoms with Gasteiger partial charge in [-0.05, 0) is 25.7 Å². The highest BCUT2D eigenvalue weighted by Crippen LogP contribution is 2.57. The number of hydrogen-bond donors (Lipinski definition) is 2. The number of carbonyl (C=O) groups is 1. The van der Waals surface area contributed by atoms with Gasteiger partial charge in [-0.25, -0.2) is 0 Å². The van der Waals surface area contributed by atoms with Crippen molar-refractivity contribution in [3.05, 3.63) is 0 Å². The van der Waals surface area contributed by atoms with E-state index in [1.165, 1.54) is 12.8 Å². The summed E-state index contributed by atoms with van der Waals surface area (Å²) in [6.07, 6.45) is 7.32. The Morgan fingerprint density at radius 1 is 1.27 bits per heavy atom. The van der Waals surface area contributed by atoms with Crippen molar-refractivity contribution < 1.29 is 14.3 Å². The normalized spacial score (nSPS) is 37.4. The van der Waals surface area contributed by atoms with Gasteiger partial charge in [-0.15, -0.1) is 0 Å². The number of amides is 1. The summed E-state index contributed by atoms with van der Waals surface area (Å²) in [5.74, 6) is 0.103. The molecule has 3 N–H and O–H groups in total. The molecule has 0 spiro atoms. The summed E-state index contributed by atoms with van der Waals surface area (Å²) < 4.78 is 11.6. The van der Waals surface area contributed by atoms with Crippen LogP contribution in [0, 0.1) is 11.3 Å². The molecule has 3 rings (SSSR count). The van der Waals surface area contributed by atoms with Crippen molar-refractivity contribution in [2.24, 2.45) is 17.1 Å². The van der Waals surface area contributed by atoms with Crippen molar-refractivity contribution >= 4 is 5.91 Å². The number of fused-ring (bicyclic) bond motifs is 1. The van der Waals surface area contributed by atoms with E-state index in [2.05, 4.69) is 5.32 Å². The van der Waals surface area contributed by atoms with Gasteiger partial charge in [-0.1, -0.05) is 26.7 Å². The van der Waals surface area contributed by atoms with Gasteiger partial charge < -0.3 is 20.5 Å². The summed E-state index contributed by atoms with van der Waals surface area (Å²) in [7, 11) is 0. The summed E-state index contributed by atoms with van der Waals surface area (Å²) in [4.78, 5) is 12.7. The Hall–Kier alpha value is -0.650. The molecule has 22 heavy (non-hydrogen) atoms. The molecule has 1 saturated heterocycles. The minimum Gasteiger partial charge on any atom is -0.377 e. The first kappa shape index (κ1) is 16.2. The molecular formula is C17H30N2O3. The van der Waals surface area contributed by atoms with Gasteiger partial charge in [0.25, 0.3) is 0 Å². The molecule has 2 aliphatic carbocycles. The van der Waals surface area contributed by atoms with Crippen LogP contribution in [0.4, 0.5) is 0 Å². The quantitative estimate of drug-likeness (QED) is 0.756. The number of hydrogen-bond acceptors (Lipinski definition) is 4. The van der Waals surface area contributed by atoms with E-state index >= 15 is 0 Å². The molecule has 2 saturated carbocycles. The first-order valence-corrected chi connectivity index (χ1v) is 8.78. The fourth-order valence-electron chi connectivity index (χ4n) is 4.63. The standard InChI is InChI=1S/C17H30N2O3/c1-16(2)14-13(8-5-10-22-14)17(16,18)15(20)19-9-11-21-12-6-3-4-7-12/h12-14H,3-11,18H2,1-2H3,(H,19,20). The predicted octanol–water partition coefficient (Wildman–Crippen LogP) is 1.59. The Morgan fingerprint density at radius 2 is 2.00 bits per heavy atom. The third-order valence-electron chi connectivity index (χ3n) is 6.10. The molecule has 0 aromatic heterocycles. The van der Waals surface area contributed by atoms with Crippen LogP contribution in [0.15, 0.2) is 0 Å². The molecule has 1 aliphatic heterocycles.